The van der Waals surface area contributed by atoms with Gasteiger partial charge in [-0.1, -0.05) is 38.8 Å². The third-order valence-electron chi connectivity index (χ3n) is 6.77. The highest BCUT2D eigenvalue weighted by Crippen LogP contribution is 2.43. The number of hydrogen-bond acceptors (Lipinski definition) is 6. The van der Waals surface area contributed by atoms with Crippen LogP contribution in [0.1, 0.15) is 71.0 Å². The van der Waals surface area contributed by atoms with E-state index in [0.29, 0.717) is 10.8 Å². The van der Waals surface area contributed by atoms with Gasteiger partial charge in [0.25, 0.3) is 0 Å². The Morgan fingerprint density at radius 1 is 1.09 bits per heavy atom. The van der Waals surface area contributed by atoms with Crippen LogP contribution >= 0.6 is 11.6 Å². The number of nitrogens with one attached hydrogen (secondary N) is 1. The molecule has 4 rings (SSSR count). The molecule has 1 saturated carbocycles. The predicted molar refractivity (Wildman–Crippen MR) is 125 cm³/mol. The van der Waals surface area contributed by atoms with Gasteiger partial charge in [-0.15, -0.1) is 5.10 Å². The van der Waals surface area contributed by atoms with Crippen molar-refractivity contribution in [2.75, 3.05) is 14.1 Å². The van der Waals surface area contributed by atoms with E-state index in [4.69, 9.17) is 16.3 Å². The summed E-state index contributed by atoms with van der Waals surface area (Å²) in [5.41, 5.74) is -0.400. The molecule has 0 bridgehead atoms. The van der Waals surface area contributed by atoms with E-state index in [9.17, 15) is 0 Å². The first-order chi connectivity index (χ1) is 15.7. The van der Waals surface area contributed by atoms with Crippen LogP contribution in [0.3, 0.4) is 0 Å². The van der Waals surface area contributed by atoms with E-state index >= 15 is 0 Å². The van der Waals surface area contributed by atoms with Crippen molar-refractivity contribution in [2.45, 2.75) is 70.7 Å². The molecule has 0 unspecified atom stereocenters. The smallest absolute Gasteiger partial charge is 0.215 e. The second-order valence-corrected chi connectivity index (χ2v) is 10.7. The minimum atomic E-state index is -0.520. The summed E-state index contributed by atoms with van der Waals surface area (Å²) in [6.45, 7) is 6.52. The molecule has 1 aromatic carbocycles. The average molecular weight is 474 g/mol. The molecule has 0 spiro atoms. The topological polar surface area (TPSA) is 88.0 Å². The van der Waals surface area contributed by atoms with Crippen molar-refractivity contribution >= 4 is 11.6 Å². The highest BCUT2D eigenvalue weighted by Gasteiger charge is 2.49. The number of nitrogens with zero attached hydrogens (tertiary/aromatic N) is 7. The summed E-state index contributed by atoms with van der Waals surface area (Å²) in [6, 6.07) is 7.10. The van der Waals surface area contributed by atoms with Crippen LogP contribution in [0.15, 0.2) is 36.9 Å². The summed E-state index contributed by atoms with van der Waals surface area (Å²) in [5.74, 6) is 1.60. The quantitative estimate of drug-likeness (QED) is 0.567. The van der Waals surface area contributed by atoms with Crippen LogP contribution in [0.4, 0.5) is 0 Å². The summed E-state index contributed by atoms with van der Waals surface area (Å²) in [5, 5.41) is 18.4. The van der Waals surface area contributed by atoms with E-state index in [0.717, 1.165) is 18.7 Å². The normalized spacial score (nSPS) is 18.3. The van der Waals surface area contributed by atoms with Crippen molar-refractivity contribution in [1.29, 1.82) is 0 Å². The van der Waals surface area contributed by atoms with E-state index in [1.807, 2.05) is 28.9 Å². The Morgan fingerprint density at radius 3 is 2.36 bits per heavy atom. The molecule has 1 fully saturated rings. The SMILES string of the molecule is C[NH+](C)C1(c2nnnn2[C@@H]([C@H](Oc2ccc(Cl)cc2)n2cncn2)C(C)(C)C)CCCCC1. The molecule has 2 aromatic heterocycles. The van der Waals surface area contributed by atoms with Gasteiger partial charge in [-0.3, -0.25) is 0 Å². The van der Waals surface area contributed by atoms with Crippen molar-refractivity contribution in [3.05, 3.63) is 47.8 Å². The standard InChI is InChI=1S/C23H33ClN8O/c1-22(2,3)19(20(31-16-25-15-26-31)33-18-11-9-17(24)10-12-18)32-21(27-28-29-32)23(30(4)5)13-7-6-8-14-23/h9-12,15-16,19-20H,6-8,13-14H2,1-5H3/p+1/t19-,20-/m0/s1. The van der Waals surface area contributed by atoms with Gasteiger partial charge in [0.15, 0.2) is 5.54 Å². The van der Waals surface area contributed by atoms with Crippen molar-refractivity contribution in [3.63, 3.8) is 0 Å². The molecule has 0 saturated heterocycles. The third kappa shape index (κ3) is 4.75. The van der Waals surface area contributed by atoms with Gasteiger partial charge in [-0.2, -0.15) is 5.10 Å². The number of benzene rings is 1. The molecule has 1 aliphatic carbocycles. The zero-order valence-corrected chi connectivity index (χ0v) is 20.8. The van der Waals surface area contributed by atoms with Crippen molar-refractivity contribution in [1.82, 2.24) is 35.0 Å². The largest absolute Gasteiger partial charge is 0.466 e. The van der Waals surface area contributed by atoms with Crippen molar-refractivity contribution in [3.8, 4) is 5.75 Å². The first-order valence-electron chi connectivity index (χ1n) is 11.6. The van der Waals surface area contributed by atoms with Gasteiger partial charge >= 0.3 is 0 Å². The summed E-state index contributed by atoms with van der Waals surface area (Å²) in [4.78, 5) is 5.53. The van der Waals surface area contributed by atoms with E-state index in [1.165, 1.54) is 30.5 Å². The minimum Gasteiger partial charge on any atom is -0.466 e. The molecule has 2 heterocycles. The molecule has 10 heteroatoms. The number of hydrogen-bond donors (Lipinski definition) is 1. The van der Waals surface area contributed by atoms with Gasteiger partial charge < -0.3 is 9.64 Å². The summed E-state index contributed by atoms with van der Waals surface area (Å²) >= 11 is 6.10. The maximum absolute atomic E-state index is 6.54. The Balaban J connectivity index is 1.83. The number of quaternary nitrogens is 1. The molecule has 9 nitrogen and oxygen atoms in total. The van der Waals surface area contributed by atoms with Gasteiger partial charge in [-0.05, 0) is 52.9 Å². The van der Waals surface area contributed by atoms with Crippen LogP contribution < -0.4 is 9.64 Å². The van der Waals surface area contributed by atoms with Crippen LogP contribution in [0.2, 0.25) is 5.02 Å². The lowest BCUT2D eigenvalue weighted by molar-refractivity contribution is -0.927. The second-order valence-electron chi connectivity index (χ2n) is 10.2. The average Bonchev–Trinajstić information content (AvgIpc) is 3.47. The number of ether oxygens (including phenoxy) is 1. The Bertz CT molecular complexity index is 1020. The fourth-order valence-electron chi connectivity index (χ4n) is 4.98. The fourth-order valence-corrected chi connectivity index (χ4v) is 5.10. The second kappa shape index (κ2) is 9.38. The molecule has 3 aromatic rings. The fraction of sp³-hybridized carbons (Fsp3) is 0.609. The first-order valence-corrected chi connectivity index (χ1v) is 12.0. The van der Waals surface area contributed by atoms with Crippen LogP contribution in [0.5, 0.6) is 5.75 Å². The summed E-state index contributed by atoms with van der Waals surface area (Å²) in [6.07, 6.45) is 8.38. The van der Waals surface area contributed by atoms with Crippen LogP contribution in [-0.4, -0.2) is 49.1 Å². The number of halogens is 1. The molecule has 0 aliphatic heterocycles. The lowest BCUT2D eigenvalue weighted by atomic mass is 9.79. The first kappa shape index (κ1) is 23.6. The van der Waals surface area contributed by atoms with Crippen molar-refractivity contribution in [2.24, 2.45) is 5.41 Å². The lowest BCUT2D eigenvalue weighted by Gasteiger charge is -2.42. The number of rotatable bonds is 7. The molecule has 1 aliphatic rings. The predicted octanol–water partition coefficient (Wildman–Crippen LogP) is 3.09. The van der Waals surface area contributed by atoms with E-state index in [1.54, 1.807) is 11.0 Å². The third-order valence-corrected chi connectivity index (χ3v) is 7.03. The molecular formula is C23H34ClN8O+. The number of aromatic nitrogens is 7. The summed E-state index contributed by atoms with van der Waals surface area (Å²) in [7, 11) is 4.41. The molecule has 2 atom stereocenters. The Morgan fingerprint density at radius 2 is 1.79 bits per heavy atom. The van der Waals surface area contributed by atoms with E-state index in [2.05, 4.69) is 60.5 Å². The van der Waals surface area contributed by atoms with Gasteiger partial charge in [0.1, 0.15) is 24.4 Å². The van der Waals surface area contributed by atoms with Gasteiger partial charge in [0, 0.05) is 17.9 Å². The van der Waals surface area contributed by atoms with Gasteiger partial charge in [0.2, 0.25) is 12.1 Å². The molecule has 0 amide bonds. The lowest BCUT2D eigenvalue weighted by Crippen LogP contribution is -3.14. The zero-order valence-electron chi connectivity index (χ0n) is 20.1. The monoisotopic (exact) mass is 473 g/mol. The van der Waals surface area contributed by atoms with E-state index in [-0.39, 0.29) is 17.0 Å². The maximum Gasteiger partial charge on any atom is 0.215 e. The Labute approximate surface area is 200 Å². The molecule has 33 heavy (non-hydrogen) atoms. The van der Waals surface area contributed by atoms with Gasteiger partial charge in [0.05, 0.1) is 14.1 Å². The van der Waals surface area contributed by atoms with E-state index < -0.39 is 6.23 Å². The Kier molecular flexibility index (Phi) is 6.72. The molecule has 178 valence electrons. The molecular weight excluding hydrogens is 440 g/mol. The molecule has 1 N–H and O–H groups in total. The van der Waals surface area contributed by atoms with Gasteiger partial charge in [-0.25, -0.2) is 14.3 Å². The summed E-state index contributed by atoms with van der Waals surface area (Å²) < 4.78 is 10.3. The highest BCUT2D eigenvalue weighted by molar-refractivity contribution is 6.30. The van der Waals surface area contributed by atoms with Crippen LogP contribution in [0, 0.1) is 5.41 Å². The Hall–Kier alpha value is -2.52. The van der Waals surface area contributed by atoms with Crippen LogP contribution in [0.25, 0.3) is 0 Å². The minimum absolute atomic E-state index is 0.140. The highest BCUT2D eigenvalue weighted by atomic mass is 35.5. The maximum atomic E-state index is 6.54. The van der Waals surface area contributed by atoms with Crippen LogP contribution in [-0.2, 0) is 5.54 Å². The van der Waals surface area contributed by atoms with Crippen molar-refractivity contribution < 1.29 is 9.64 Å². The zero-order chi connectivity index (χ0) is 23.6. The molecule has 0 radical (unpaired) electrons. The number of tetrazole rings is 1.